The lowest BCUT2D eigenvalue weighted by atomic mass is 10.1. The van der Waals surface area contributed by atoms with E-state index in [4.69, 9.17) is 0 Å². The normalized spacial score (nSPS) is 22.1. The van der Waals surface area contributed by atoms with E-state index in [1.54, 1.807) is 12.3 Å². The Morgan fingerprint density at radius 3 is 2.95 bits per heavy atom. The first-order valence-corrected chi connectivity index (χ1v) is 7.04. The van der Waals surface area contributed by atoms with Gasteiger partial charge in [0.2, 0.25) is 0 Å². The topological polar surface area (TPSA) is 62.2 Å². The van der Waals surface area contributed by atoms with Crippen molar-refractivity contribution in [3.63, 3.8) is 0 Å². The number of hydrogen-bond donors (Lipinski definition) is 2. The van der Waals surface area contributed by atoms with Gasteiger partial charge in [0.1, 0.15) is 0 Å². The zero-order valence-electron chi connectivity index (χ0n) is 11.2. The van der Waals surface area contributed by atoms with Crippen LogP contribution in [0.3, 0.4) is 0 Å². The maximum Gasteiger partial charge on any atom is 0.253 e. The van der Waals surface area contributed by atoms with Crippen molar-refractivity contribution in [1.82, 2.24) is 10.3 Å². The predicted molar refractivity (Wildman–Crippen MR) is 77.4 cm³/mol. The first kappa shape index (κ1) is 13.1. The lowest BCUT2D eigenvalue weighted by molar-refractivity contribution is 0.0946. The second-order valence-corrected chi connectivity index (χ2v) is 5.42. The van der Waals surface area contributed by atoms with Gasteiger partial charge in [-0.05, 0) is 37.3 Å². The van der Waals surface area contributed by atoms with Gasteiger partial charge in [0.25, 0.3) is 5.91 Å². The number of rotatable bonds is 3. The summed E-state index contributed by atoms with van der Waals surface area (Å²) < 4.78 is 0. The van der Waals surface area contributed by atoms with E-state index in [0.717, 1.165) is 30.2 Å². The van der Waals surface area contributed by atoms with Gasteiger partial charge in [-0.15, -0.1) is 0 Å². The van der Waals surface area contributed by atoms with Gasteiger partial charge >= 0.3 is 0 Å². The zero-order chi connectivity index (χ0) is 13.9. The molecule has 104 valence electrons. The van der Waals surface area contributed by atoms with Crippen molar-refractivity contribution in [2.24, 2.45) is 5.92 Å². The van der Waals surface area contributed by atoms with Gasteiger partial charge in [0.15, 0.2) is 0 Å². The number of amides is 1. The van der Waals surface area contributed by atoms with E-state index < -0.39 is 0 Å². The van der Waals surface area contributed by atoms with E-state index in [9.17, 15) is 9.90 Å². The van der Waals surface area contributed by atoms with E-state index >= 15 is 0 Å². The molecule has 2 atom stereocenters. The molecule has 1 aromatic heterocycles. The Bertz CT molecular complexity index is 621. The van der Waals surface area contributed by atoms with Crippen molar-refractivity contribution >= 4 is 16.8 Å². The van der Waals surface area contributed by atoms with Crippen LogP contribution >= 0.6 is 0 Å². The third kappa shape index (κ3) is 2.65. The maximum absolute atomic E-state index is 12.3. The van der Waals surface area contributed by atoms with Crippen LogP contribution in [-0.4, -0.2) is 28.6 Å². The average molecular weight is 270 g/mol. The number of aliphatic hydroxyl groups is 1. The second-order valence-electron chi connectivity index (χ2n) is 5.42. The Morgan fingerprint density at radius 1 is 1.30 bits per heavy atom. The van der Waals surface area contributed by atoms with Crippen LogP contribution < -0.4 is 5.32 Å². The number of hydrogen-bond acceptors (Lipinski definition) is 3. The molecule has 1 aromatic carbocycles. The number of aromatic nitrogens is 1. The van der Waals surface area contributed by atoms with Gasteiger partial charge < -0.3 is 10.4 Å². The average Bonchev–Trinajstić information content (AvgIpc) is 2.90. The fourth-order valence-electron chi connectivity index (χ4n) is 2.85. The van der Waals surface area contributed by atoms with Crippen molar-refractivity contribution in [3.8, 4) is 0 Å². The Morgan fingerprint density at radius 2 is 2.15 bits per heavy atom. The van der Waals surface area contributed by atoms with Crippen molar-refractivity contribution in [1.29, 1.82) is 0 Å². The molecule has 2 aromatic rings. The Balaban J connectivity index is 1.72. The van der Waals surface area contributed by atoms with Crippen molar-refractivity contribution in [2.75, 3.05) is 6.54 Å². The molecule has 1 aliphatic rings. The van der Waals surface area contributed by atoms with Crippen LogP contribution in [0.1, 0.15) is 29.6 Å². The van der Waals surface area contributed by atoms with Crippen molar-refractivity contribution in [3.05, 3.63) is 42.1 Å². The number of aliphatic hydroxyl groups excluding tert-OH is 1. The summed E-state index contributed by atoms with van der Waals surface area (Å²) >= 11 is 0. The Labute approximate surface area is 117 Å². The van der Waals surface area contributed by atoms with Crippen LogP contribution in [0.15, 0.2) is 36.5 Å². The van der Waals surface area contributed by atoms with Crippen molar-refractivity contribution in [2.45, 2.75) is 25.4 Å². The SMILES string of the molecule is O=C(NCC1CCC(O)C1)c1cccc2cccnc12. The summed E-state index contributed by atoms with van der Waals surface area (Å²) in [5.41, 5.74) is 1.35. The van der Waals surface area contributed by atoms with Gasteiger partial charge in [0.05, 0.1) is 17.2 Å². The van der Waals surface area contributed by atoms with Crippen LogP contribution in [0.2, 0.25) is 0 Å². The smallest absolute Gasteiger partial charge is 0.253 e. The summed E-state index contributed by atoms with van der Waals surface area (Å²) in [6.07, 6.45) is 4.11. The van der Waals surface area contributed by atoms with Crippen LogP contribution in [0.25, 0.3) is 10.9 Å². The van der Waals surface area contributed by atoms with Crippen LogP contribution in [0, 0.1) is 5.92 Å². The molecule has 3 rings (SSSR count). The fraction of sp³-hybridized carbons (Fsp3) is 0.375. The molecule has 20 heavy (non-hydrogen) atoms. The highest BCUT2D eigenvalue weighted by Gasteiger charge is 2.23. The molecule has 4 nitrogen and oxygen atoms in total. The van der Waals surface area contributed by atoms with Gasteiger partial charge in [0, 0.05) is 18.1 Å². The third-order valence-corrected chi connectivity index (χ3v) is 3.94. The lowest BCUT2D eigenvalue weighted by Gasteiger charge is -2.11. The molecule has 2 N–H and O–H groups in total. The quantitative estimate of drug-likeness (QED) is 0.898. The third-order valence-electron chi connectivity index (χ3n) is 3.94. The van der Waals surface area contributed by atoms with Gasteiger partial charge in [-0.2, -0.15) is 0 Å². The molecule has 2 unspecified atom stereocenters. The summed E-state index contributed by atoms with van der Waals surface area (Å²) in [7, 11) is 0. The minimum atomic E-state index is -0.198. The molecule has 1 heterocycles. The molecule has 0 saturated heterocycles. The minimum Gasteiger partial charge on any atom is -0.393 e. The number of nitrogens with zero attached hydrogens (tertiary/aromatic N) is 1. The molecule has 0 aliphatic heterocycles. The summed E-state index contributed by atoms with van der Waals surface area (Å²) in [6.45, 7) is 0.624. The summed E-state index contributed by atoms with van der Waals surface area (Å²) in [5, 5.41) is 13.4. The minimum absolute atomic E-state index is 0.0873. The van der Waals surface area contributed by atoms with E-state index in [1.165, 1.54) is 0 Å². The number of nitrogens with one attached hydrogen (secondary N) is 1. The highest BCUT2D eigenvalue weighted by atomic mass is 16.3. The monoisotopic (exact) mass is 270 g/mol. The zero-order valence-corrected chi connectivity index (χ0v) is 11.2. The highest BCUT2D eigenvalue weighted by molar-refractivity contribution is 6.05. The van der Waals surface area contributed by atoms with E-state index in [0.29, 0.717) is 18.0 Å². The molecule has 0 spiro atoms. The lowest BCUT2D eigenvalue weighted by Crippen LogP contribution is -2.28. The maximum atomic E-state index is 12.3. The predicted octanol–water partition coefficient (Wildman–Crippen LogP) is 2.13. The molecule has 1 fully saturated rings. The summed E-state index contributed by atoms with van der Waals surface area (Å²) in [5.74, 6) is 0.299. The van der Waals surface area contributed by atoms with Crippen molar-refractivity contribution < 1.29 is 9.90 Å². The first-order chi connectivity index (χ1) is 9.74. The van der Waals surface area contributed by atoms with E-state index in [2.05, 4.69) is 10.3 Å². The summed E-state index contributed by atoms with van der Waals surface area (Å²) in [6, 6.07) is 9.44. The molecule has 0 bridgehead atoms. The number of fused-ring (bicyclic) bond motifs is 1. The van der Waals surface area contributed by atoms with E-state index in [-0.39, 0.29) is 12.0 Å². The molecule has 1 saturated carbocycles. The standard InChI is InChI=1S/C16H18N2O2/c19-13-7-6-11(9-13)10-18-16(20)14-5-1-3-12-4-2-8-17-15(12)14/h1-5,8,11,13,19H,6-7,9-10H2,(H,18,20). The molecule has 1 amide bonds. The molecular formula is C16H18N2O2. The van der Waals surface area contributed by atoms with Crippen LogP contribution in [0.5, 0.6) is 0 Å². The Hall–Kier alpha value is -1.94. The largest absolute Gasteiger partial charge is 0.393 e. The number of pyridine rings is 1. The molecular weight excluding hydrogens is 252 g/mol. The molecule has 4 heteroatoms. The van der Waals surface area contributed by atoms with Gasteiger partial charge in [-0.1, -0.05) is 18.2 Å². The van der Waals surface area contributed by atoms with Gasteiger partial charge in [-0.25, -0.2) is 0 Å². The highest BCUT2D eigenvalue weighted by Crippen LogP contribution is 2.24. The molecule has 0 radical (unpaired) electrons. The van der Waals surface area contributed by atoms with Crippen LogP contribution in [-0.2, 0) is 0 Å². The number of benzene rings is 1. The first-order valence-electron chi connectivity index (χ1n) is 7.04. The second kappa shape index (κ2) is 5.59. The number of para-hydroxylation sites is 1. The van der Waals surface area contributed by atoms with E-state index in [1.807, 2.05) is 24.3 Å². The Kier molecular flexibility index (Phi) is 3.65. The van der Waals surface area contributed by atoms with Gasteiger partial charge in [-0.3, -0.25) is 9.78 Å². The van der Waals surface area contributed by atoms with Crippen LogP contribution in [0.4, 0.5) is 0 Å². The number of carbonyl (C=O) groups excluding carboxylic acids is 1. The number of carbonyl (C=O) groups is 1. The molecule has 1 aliphatic carbocycles. The summed E-state index contributed by atoms with van der Waals surface area (Å²) in [4.78, 5) is 16.6. The fourth-order valence-corrected chi connectivity index (χ4v) is 2.85.